The summed E-state index contributed by atoms with van der Waals surface area (Å²) >= 11 is 0. The first-order valence-electron chi connectivity index (χ1n) is 16.1. The van der Waals surface area contributed by atoms with E-state index < -0.39 is 88.2 Å². The molecule has 51 heavy (non-hydrogen) atoms. The van der Waals surface area contributed by atoms with Gasteiger partial charge in [0.1, 0.15) is 17.5 Å². The van der Waals surface area contributed by atoms with Crippen LogP contribution in [-0.4, -0.2) is 56.7 Å². The molecule has 0 aliphatic carbocycles. The van der Waals surface area contributed by atoms with E-state index in [1.165, 1.54) is 6.92 Å². The number of rotatable bonds is 12. The number of halogens is 8. The lowest BCUT2D eigenvalue weighted by atomic mass is 9.90. The Balaban J connectivity index is 1.82. The number of likely N-dealkylation sites (tertiary alicyclic amines) is 1. The van der Waals surface area contributed by atoms with Crippen LogP contribution in [0.2, 0.25) is 0 Å². The van der Waals surface area contributed by atoms with Gasteiger partial charge < -0.3 is 10.4 Å². The Morgan fingerprint density at radius 1 is 1.04 bits per heavy atom. The smallest absolute Gasteiger partial charge is 0.433 e. The Morgan fingerprint density at radius 3 is 2.16 bits per heavy atom. The number of nitrogens with zero attached hydrogens (tertiary/aromatic N) is 3. The van der Waals surface area contributed by atoms with Crippen molar-refractivity contribution >= 4 is 11.9 Å². The van der Waals surface area contributed by atoms with Crippen molar-refractivity contribution in [3.63, 3.8) is 0 Å². The van der Waals surface area contributed by atoms with Gasteiger partial charge in [0.25, 0.3) is 0 Å². The largest absolute Gasteiger partial charge is 0.481 e. The van der Waals surface area contributed by atoms with E-state index in [1.54, 1.807) is 50.8 Å². The molecule has 0 radical (unpaired) electrons. The average Bonchev–Trinajstić information content (AvgIpc) is 2.97. The molecule has 1 aliphatic heterocycles. The first kappa shape index (κ1) is 39.4. The molecule has 2 atom stereocenters. The highest BCUT2D eigenvalue weighted by Crippen LogP contribution is 2.40. The number of nitrogens with one attached hydrogen (secondary N) is 1. The zero-order valence-corrected chi connectivity index (χ0v) is 28.5. The maximum absolute atomic E-state index is 15.8. The van der Waals surface area contributed by atoms with Gasteiger partial charge in [0.05, 0.1) is 18.0 Å². The van der Waals surface area contributed by atoms with Crippen LogP contribution in [0.15, 0.2) is 41.3 Å². The third-order valence-electron chi connectivity index (χ3n) is 8.68. The van der Waals surface area contributed by atoms with Gasteiger partial charge in [-0.15, -0.1) is 0 Å². The second-order valence-corrected chi connectivity index (χ2v) is 13.7. The maximum Gasteiger partial charge on any atom is 0.433 e. The Labute approximate surface area is 288 Å². The van der Waals surface area contributed by atoms with E-state index in [2.05, 4.69) is 10.3 Å². The third kappa shape index (κ3) is 9.32. The summed E-state index contributed by atoms with van der Waals surface area (Å²) in [6.07, 6.45) is -11.1. The van der Waals surface area contributed by atoms with Gasteiger partial charge >= 0.3 is 24.0 Å². The second kappa shape index (κ2) is 14.7. The van der Waals surface area contributed by atoms with Crippen molar-refractivity contribution < 1.29 is 49.8 Å². The van der Waals surface area contributed by atoms with Gasteiger partial charge in [0.15, 0.2) is 5.69 Å². The van der Waals surface area contributed by atoms with Crippen LogP contribution < -0.4 is 11.0 Å². The van der Waals surface area contributed by atoms with E-state index in [-0.39, 0.29) is 38.0 Å². The number of aromatic nitrogens is 2. The van der Waals surface area contributed by atoms with E-state index >= 15 is 4.39 Å². The van der Waals surface area contributed by atoms with Crippen molar-refractivity contribution in [2.24, 2.45) is 5.92 Å². The fourth-order valence-electron chi connectivity index (χ4n) is 6.48. The van der Waals surface area contributed by atoms with Crippen LogP contribution in [0.4, 0.5) is 35.1 Å². The summed E-state index contributed by atoms with van der Waals surface area (Å²) in [5, 5.41) is 12.0. The number of amides is 1. The zero-order valence-electron chi connectivity index (χ0n) is 28.5. The number of aliphatic carboxylic acids is 1. The minimum atomic E-state index is -5.22. The van der Waals surface area contributed by atoms with E-state index in [0.29, 0.717) is 27.3 Å². The molecule has 4 rings (SSSR count). The molecular formula is C35H38F8N4O4. The van der Waals surface area contributed by atoms with Crippen LogP contribution in [0.1, 0.15) is 79.2 Å². The predicted octanol–water partition coefficient (Wildman–Crippen LogP) is 7.21. The highest BCUT2D eigenvalue weighted by Gasteiger charge is 2.41. The minimum absolute atomic E-state index is 0.0258. The molecular weight excluding hydrogens is 692 g/mol. The number of aryl methyl sites for hydroxylation is 2. The summed E-state index contributed by atoms with van der Waals surface area (Å²) in [4.78, 5) is 43.8. The predicted molar refractivity (Wildman–Crippen MR) is 171 cm³/mol. The molecule has 8 nitrogen and oxygen atoms in total. The first-order chi connectivity index (χ1) is 23.5. The van der Waals surface area contributed by atoms with Crippen LogP contribution >= 0.6 is 0 Å². The number of carbonyl (C=O) groups is 2. The molecule has 2 unspecified atom stereocenters. The SMILES string of the molecule is Cc1cccc(C)c1-c1cc(C(CC(=O)O)NC(=O)C(CC(C)C)n2cc(CCN3CC(C)(F)C3)c(C(F)(F)F)nc2=O)c(F)c(C(F)(F)F)c1. The molecule has 278 valence electrons. The van der Waals surface area contributed by atoms with Crippen LogP contribution in [0.3, 0.4) is 0 Å². The summed E-state index contributed by atoms with van der Waals surface area (Å²) < 4.78 is 115. The fourth-order valence-corrected chi connectivity index (χ4v) is 6.48. The number of carboxylic acid groups (broad SMARTS) is 1. The van der Waals surface area contributed by atoms with E-state index in [1.807, 2.05) is 0 Å². The molecule has 1 fully saturated rings. The monoisotopic (exact) mass is 730 g/mol. The lowest BCUT2D eigenvalue weighted by molar-refractivity contribution is -0.142. The molecule has 1 saturated heterocycles. The van der Waals surface area contributed by atoms with E-state index in [0.717, 1.165) is 12.3 Å². The number of carboxylic acids is 1. The summed E-state index contributed by atoms with van der Waals surface area (Å²) in [5.41, 5.74) is -6.14. The highest BCUT2D eigenvalue weighted by molar-refractivity contribution is 5.82. The van der Waals surface area contributed by atoms with Gasteiger partial charge in [-0.3, -0.25) is 19.1 Å². The number of alkyl halides is 7. The minimum Gasteiger partial charge on any atom is -0.481 e. The van der Waals surface area contributed by atoms with E-state index in [4.69, 9.17) is 0 Å². The summed E-state index contributed by atoms with van der Waals surface area (Å²) in [6, 6.07) is 2.99. The Kier molecular flexibility index (Phi) is 11.4. The lowest BCUT2D eigenvalue weighted by Gasteiger charge is -2.42. The normalized spacial score (nSPS) is 16.1. The molecule has 0 bridgehead atoms. The fraction of sp³-hybridized carbons (Fsp3) is 0.486. The van der Waals surface area contributed by atoms with Crippen molar-refractivity contribution in [3.05, 3.63) is 86.3 Å². The molecule has 1 aromatic heterocycles. The van der Waals surface area contributed by atoms with Crippen molar-refractivity contribution in [1.29, 1.82) is 0 Å². The molecule has 0 saturated carbocycles. The molecule has 0 spiro atoms. The number of benzene rings is 2. The van der Waals surface area contributed by atoms with Gasteiger partial charge in [-0.1, -0.05) is 32.0 Å². The quantitative estimate of drug-likeness (QED) is 0.191. The first-order valence-corrected chi connectivity index (χ1v) is 16.1. The summed E-state index contributed by atoms with van der Waals surface area (Å²) in [5.74, 6) is -5.00. The van der Waals surface area contributed by atoms with Crippen molar-refractivity contribution in [2.45, 2.75) is 84.0 Å². The molecule has 2 heterocycles. The molecule has 1 amide bonds. The maximum atomic E-state index is 15.8. The van der Waals surface area contributed by atoms with Gasteiger partial charge in [-0.2, -0.15) is 31.3 Å². The van der Waals surface area contributed by atoms with Crippen LogP contribution in [0.5, 0.6) is 0 Å². The Bertz CT molecular complexity index is 1820. The summed E-state index contributed by atoms with van der Waals surface area (Å²) in [6.45, 7) is 7.76. The molecule has 3 aromatic rings. The molecule has 16 heteroatoms. The van der Waals surface area contributed by atoms with Gasteiger partial charge in [0.2, 0.25) is 5.91 Å². The Hall–Kier alpha value is -4.34. The average molecular weight is 731 g/mol. The topological polar surface area (TPSA) is 105 Å². The lowest BCUT2D eigenvalue weighted by Crippen LogP contribution is -2.57. The molecule has 2 aromatic carbocycles. The van der Waals surface area contributed by atoms with Gasteiger partial charge in [-0.25, -0.2) is 13.6 Å². The molecule has 1 aliphatic rings. The number of carbonyl (C=O) groups excluding carboxylic acids is 1. The highest BCUT2D eigenvalue weighted by atomic mass is 19.4. The standard InChI is InChI=1S/C35H38F8N4O4/c1-18(2)11-26(47-15-21(9-10-46-16-33(5,37)17-46)30(35(41,42)43)45-32(47)51)31(50)44-25(14-27(48)49)23-12-22(13-24(29(23)36)34(38,39)40)28-19(3)7-6-8-20(28)4/h6-8,12-13,15,18,25-26H,9-11,14,16-17H2,1-5H3,(H,44,50)(H,48,49). The van der Waals surface area contributed by atoms with Crippen molar-refractivity contribution in [1.82, 2.24) is 19.8 Å². The Morgan fingerprint density at radius 2 is 1.65 bits per heavy atom. The van der Waals surface area contributed by atoms with Crippen LogP contribution in [-0.2, 0) is 28.4 Å². The zero-order chi connectivity index (χ0) is 38.2. The number of hydrogen-bond donors (Lipinski definition) is 2. The van der Waals surface area contributed by atoms with Crippen LogP contribution in [0, 0.1) is 25.6 Å². The van der Waals surface area contributed by atoms with Gasteiger partial charge in [0, 0.05) is 37.0 Å². The number of hydrogen-bond acceptors (Lipinski definition) is 5. The van der Waals surface area contributed by atoms with Crippen LogP contribution in [0.25, 0.3) is 11.1 Å². The second-order valence-electron chi connectivity index (χ2n) is 13.7. The van der Waals surface area contributed by atoms with Crippen molar-refractivity contribution in [2.75, 3.05) is 19.6 Å². The summed E-state index contributed by atoms with van der Waals surface area (Å²) in [7, 11) is 0. The van der Waals surface area contributed by atoms with Crippen molar-refractivity contribution in [3.8, 4) is 11.1 Å². The molecule has 2 N–H and O–H groups in total. The van der Waals surface area contributed by atoms with E-state index in [9.17, 15) is 50.2 Å². The third-order valence-corrected chi connectivity index (χ3v) is 8.68. The van der Waals surface area contributed by atoms with Gasteiger partial charge in [-0.05, 0) is 73.9 Å².